The van der Waals surface area contributed by atoms with Gasteiger partial charge in [0.1, 0.15) is 0 Å². The van der Waals surface area contributed by atoms with E-state index in [4.69, 9.17) is 0 Å². The van der Waals surface area contributed by atoms with Crippen LogP contribution in [0.2, 0.25) is 0 Å². The van der Waals surface area contributed by atoms with Crippen LogP contribution in [-0.4, -0.2) is 44.6 Å². The Morgan fingerprint density at radius 2 is 2.00 bits per heavy atom. The zero-order valence-corrected chi connectivity index (χ0v) is 7.22. The van der Waals surface area contributed by atoms with Crippen molar-refractivity contribution in [3.8, 4) is 0 Å². The van der Waals surface area contributed by atoms with Crippen LogP contribution in [0.3, 0.4) is 0 Å². The molecule has 0 N–H and O–H groups in total. The van der Waals surface area contributed by atoms with Crippen LogP contribution in [0.25, 0.3) is 0 Å². The summed E-state index contributed by atoms with van der Waals surface area (Å²) >= 11 is 0. The number of rotatable bonds is 4. The van der Waals surface area contributed by atoms with E-state index in [2.05, 4.69) is 38.6 Å². The van der Waals surface area contributed by atoms with E-state index in [0.29, 0.717) is 0 Å². The van der Waals surface area contributed by atoms with Gasteiger partial charge in [-0.15, -0.1) is 0 Å². The molecular formula is C8H17N2+. The molecule has 2 nitrogen and oxygen atoms in total. The van der Waals surface area contributed by atoms with E-state index in [9.17, 15) is 0 Å². The Balaban J connectivity index is 3.28. The van der Waals surface area contributed by atoms with E-state index in [1.54, 1.807) is 0 Å². The smallest absolute Gasteiger partial charge is 0.0798 e. The Kier molecular flexibility index (Phi) is 4.01. The summed E-state index contributed by atoms with van der Waals surface area (Å²) in [6.45, 7) is 5.42. The summed E-state index contributed by atoms with van der Waals surface area (Å²) in [4.78, 5) is 3.90. The minimum atomic E-state index is 0.860. The first-order chi connectivity index (χ1) is 4.56. The van der Waals surface area contributed by atoms with Gasteiger partial charge in [0.15, 0.2) is 0 Å². The number of quaternary nitrogens is 1. The molecule has 58 valence electrons. The Hall–Kier alpha value is -0.590. The van der Waals surface area contributed by atoms with Crippen LogP contribution in [0.4, 0.5) is 0 Å². The maximum absolute atomic E-state index is 3.90. The lowest BCUT2D eigenvalue weighted by atomic mass is 10.4. The third-order valence-electron chi connectivity index (χ3n) is 1.21. The van der Waals surface area contributed by atoms with Gasteiger partial charge in [-0.1, -0.05) is 0 Å². The van der Waals surface area contributed by atoms with Gasteiger partial charge in [0.25, 0.3) is 0 Å². The van der Waals surface area contributed by atoms with Crippen LogP contribution in [0.15, 0.2) is 11.6 Å². The molecule has 0 aliphatic carbocycles. The highest BCUT2D eigenvalue weighted by Gasteiger charge is 2.03. The Labute approximate surface area is 63.5 Å². The highest BCUT2D eigenvalue weighted by atomic mass is 15.3. The second-order valence-electron chi connectivity index (χ2n) is 3.41. The van der Waals surface area contributed by atoms with Gasteiger partial charge in [-0.3, -0.25) is 0 Å². The molecule has 0 amide bonds. The van der Waals surface area contributed by atoms with Crippen LogP contribution in [0.1, 0.15) is 6.42 Å². The predicted molar refractivity (Wildman–Crippen MR) is 45.4 cm³/mol. The summed E-state index contributed by atoms with van der Waals surface area (Å²) in [5, 5.41) is 0. The van der Waals surface area contributed by atoms with Gasteiger partial charge in [-0.2, -0.15) is 0 Å². The summed E-state index contributed by atoms with van der Waals surface area (Å²) < 4.78 is 1.01. The van der Waals surface area contributed by atoms with Gasteiger partial charge < -0.3 is 4.48 Å². The molecule has 0 aromatic heterocycles. The molecule has 10 heavy (non-hydrogen) atoms. The number of hydrogen-bond acceptors (Lipinski definition) is 1. The fourth-order valence-corrected chi connectivity index (χ4v) is 0.703. The van der Waals surface area contributed by atoms with Gasteiger partial charge in [-0.05, 0) is 12.4 Å². The second kappa shape index (κ2) is 4.26. The molecule has 2 heteroatoms. The molecule has 0 saturated carbocycles. The zero-order chi connectivity index (χ0) is 8.04. The van der Waals surface area contributed by atoms with Gasteiger partial charge in [-0.25, -0.2) is 4.99 Å². The molecule has 0 aromatic rings. The fraction of sp³-hybridized carbons (Fsp3) is 0.750. The van der Waals surface area contributed by atoms with Gasteiger partial charge in [0.05, 0.1) is 34.2 Å². The molecule has 0 radical (unpaired) electrons. The van der Waals surface area contributed by atoms with E-state index < -0.39 is 0 Å². The molecule has 0 atom stereocenters. The molecule has 0 saturated heterocycles. The molecule has 0 fully saturated rings. The van der Waals surface area contributed by atoms with E-state index in [0.717, 1.165) is 24.0 Å². The predicted octanol–water partition coefficient (Wildman–Crippen LogP) is 0.938. The first kappa shape index (κ1) is 9.41. The number of hydrogen-bond donors (Lipinski definition) is 0. The SMILES string of the molecule is C=C=NCCC[N+](C)(C)C. The Morgan fingerprint density at radius 1 is 1.40 bits per heavy atom. The van der Waals surface area contributed by atoms with E-state index >= 15 is 0 Å². The highest BCUT2D eigenvalue weighted by molar-refractivity contribution is 5.46. The van der Waals surface area contributed by atoms with Crippen molar-refractivity contribution in [1.29, 1.82) is 0 Å². The summed E-state index contributed by atoms with van der Waals surface area (Å²) in [5.74, 6) is 2.52. The van der Waals surface area contributed by atoms with Crippen LogP contribution in [-0.2, 0) is 0 Å². The molecule has 0 aromatic carbocycles. The van der Waals surface area contributed by atoms with Crippen LogP contribution < -0.4 is 0 Å². The largest absolute Gasteiger partial charge is 0.331 e. The lowest BCUT2D eigenvalue weighted by Gasteiger charge is -2.22. The van der Waals surface area contributed by atoms with Crippen molar-refractivity contribution in [1.82, 2.24) is 0 Å². The first-order valence-electron chi connectivity index (χ1n) is 3.55. The third-order valence-corrected chi connectivity index (χ3v) is 1.21. The highest BCUT2D eigenvalue weighted by Crippen LogP contribution is 1.92. The lowest BCUT2D eigenvalue weighted by Crippen LogP contribution is -2.35. The zero-order valence-electron chi connectivity index (χ0n) is 7.22. The fourth-order valence-electron chi connectivity index (χ4n) is 0.703. The van der Waals surface area contributed by atoms with Crippen LogP contribution in [0.5, 0.6) is 0 Å². The van der Waals surface area contributed by atoms with Crippen molar-refractivity contribution < 1.29 is 4.48 Å². The molecule has 0 aliphatic rings. The van der Waals surface area contributed by atoms with Gasteiger partial charge >= 0.3 is 0 Å². The van der Waals surface area contributed by atoms with Crippen molar-refractivity contribution in [3.05, 3.63) is 6.58 Å². The number of aliphatic imine (C=N–C) groups is 1. The van der Waals surface area contributed by atoms with Crippen molar-refractivity contribution in [3.63, 3.8) is 0 Å². The second-order valence-corrected chi connectivity index (χ2v) is 3.41. The van der Waals surface area contributed by atoms with Crippen LogP contribution in [0, 0.1) is 0 Å². The van der Waals surface area contributed by atoms with Gasteiger partial charge in [0.2, 0.25) is 0 Å². The standard InChI is InChI=1S/C8H17N2/c1-5-9-7-6-8-10(2,3)4/h1,6-8H2,2-4H3/q+1. The molecule has 0 spiro atoms. The lowest BCUT2D eigenvalue weighted by molar-refractivity contribution is -0.870. The topological polar surface area (TPSA) is 12.4 Å². The van der Waals surface area contributed by atoms with E-state index in [1.165, 1.54) is 0 Å². The van der Waals surface area contributed by atoms with Gasteiger partial charge in [0, 0.05) is 6.42 Å². The maximum Gasteiger partial charge on any atom is 0.0798 e. The third kappa shape index (κ3) is 7.41. The Bertz CT molecular complexity index is 127. The van der Waals surface area contributed by atoms with Crippen molar-refractivity contribution in [2.45, 2.75) is 6.42 Å². The first-order valence-corrected chi connectivity index (χ1v) is 3.55. The molecule has 0 unspecified atom stereocenters. The monoisotopic (exact) mass is 141 g/mol. The average Bonchev–Trinajstić information content (AvgIpc) is 1.78. The Morgan fingerprint density at radius 3 is 2.40 bits per heavy atom. The van der Waals surface area contributed by atoms with Crippen LogP contribution >= 0.6 is 0 Å². The minimum Gasteiger partial charge on any atom is -0.331 e. The normalized spacial score (nSPS) is 10.7. The summed E-state index contributed by atoms with van der Waals surface area (Å²) in [6, 6.07) is 0. The summed E-state index contributed by atoms with van der Waals surface area (Å²) in [6.07, 6.45) is 1.12. The summed E-state index contributed by atoms with van der Waals surface area (Å²) in [5.41, 5.74) is 0. The summed E-state index contributed by atoms with van der Waals surface area (Å²) in [7, 11) is 6.53. The maximum atomic E-state index is 3.90. The van der Waals surface area contributed by atoms with Crippen molar-refractivity contribution in [2.24, 2.45) is 4.99 Å². The van der Waals surface area contributed by atoms with Crippen molar-refractivity contribution >= 4 is 5.87 Å². The quantitative estimate of drug-likeness (QED) is 0.314. The average molecular weight is 141 g/mol. The molecule has 0 bridgehead atoms. The number of nitrogens with zero attached hydrogens (tertiary/aromatic N) is 2. The van der Waals surface area contributed by atoms with E-state index in [1.807, 2.05) is 0 Å². The van der Waals surface area contributed by atoms with E-state index in [-0.39, 0.29) is 0 Å². The molecule has 0 heterocycles. The van der Waals surface area contributed by atoms with Crippen molar-refractivity contribution in [2.75, 3.05) is 34.2 Å². The molecule has 0 aliphatic heterocycles. The molecule has 0 rings (SSSR count). The molecular weight excluding hydrogens is 124 g/mol. The minimum absolute atomic E-state index is 0.860.